The Morgan fingerprint density at radius 1 is 1.82 bits per heavy atom. The van der Waals surface area contributed by atoms with E-state index in [4.69, 9.17) is 10.6 Å². The molecule has 0 radical (unpaired) electrons. The average Bonchev–Trinajstić information content (AvgIpc) is 1.82. The first-order valence-electron chi connectivity index (χ1n) is 2.99. The molecule has 0 amide bonds. The molecule has 0 aliphatic heterocycles. The summed E-state index contributed by atoms with van der Waals surface area (Å²) in [5.74, 6) is -0.666. The summed E-state index contributed by atoms with van der Waals surface area (Å²) in [4.78, 5) is 19.4. The summed E-state index contributed by atoms with van der Waals surface area (Å²) in [6.07, 6.45) is -0.236. The van der Waals surface area contributed by atoms with Gasteiger partial charge in [-0.05, 0) is 0 Å². The Balaban J connectivity index is 3.98. The van der Waals surface area contributed by atoms with E-state index in [2.05, 4.69) is 4.74 Å². The number of ether oxygens (including phenoxy) is 1. The van der Waals surface area contributed by atoms with Crippen LogP contribution < -0.4 is 5.73 Å². The van der Waals surface area contributed by atoms with E-state index < -0.39 is 19.4 Å². The summed E-state index contributed by atoms with van der Waals surface area (Å²) in [7, 11) is -2.03. The number of rotatable bonds is 3. The number of carbonyl (C=O) groups excluding carboxylic acids is 1. The lowest BCUT2D eigenvalue weighted by Gasteiger charge is -2.10. The second kappa shape index (κ2) is 3.85. The number of hydrogen-bond donors (Lipinski definition) is 2. The number of esters is 1. The standard InChI is InChI=1S/C5H12NO4P/c1-10-5(7)4(6)3-11(2,8)9/h4H,3,6H2,1-2H3,(H,8,9). The van der Waals surface area contributed by atoms with Crippen LogP contribution in [0.3, 0.4) is 0 Å². The molecule has 0 spiro atoms. The molecule has 66 valence electrons. The molecule has 0 aromatic heterocycles. The first-order valence-corrected chi connectivity index (χ1v) is 5.28. The van der Waals surface area contributed by atoms with Crippen LogP contribution in [0.4, 0.5) is 0 Å². The highest BCUT2D eigenvalue weighted by atomic mass is 31.2. The van der Waals surface area contributed by atoms with Gasteiger partial charge in [0.1, 0.15) is 6.04 Å². The summed E-state index contributed by atoms with van der Waals surface area (Å²) in [5.41, 5.74) is 5.21. The lowest BCUT2D eigenvalue weighted by molar-refractivity contribution is -0.141. The maximum Gasteiger partial charge on any atom is 0.323 e. The van der Waals surface area contributed by atoms with Gasteiger partial charge in [0, 0.05) is 6.66 Å². The molecule has 0 saturated carbocycles. The fraction of sp³-hybridized carbons (Fsp3) is 0.800. The summed E-state index contributed by atoms with van der Waals surface area (Å²) >= 11 is 0. The summed E-state index contributed by atoms with van der Waals surface area (Å²) < 4.78 is 15.0. The Morgan fingerprint density at radius 2 is 2.27 bits per heavy atom. The van der Waals surface area contributed by atoms with E-state index in [1.807, 2.05) is 0 Å². The predicted molar refractivity (Wildman–Crippen MR) is 40.6 cm³/mol. The van der Waals surface area contributed by atoms with E-state index >= 15 is 0 Å². The molecule has 0 aliphatic carbocycles. The second-order valence-corrected chi connectivity index (χ2v) is 4.83. The Bertz CT molecular complexity index is 187. The third-order valence-corrected chi connectivity index (χ3v) is 2.11. The molecule has 0 aromatic carbocycles. The SMILES string of the molecule is COC(=O)C(N)CP(C)(=O)O. The van der Waals surface area contributed by atoms with Gasteiger partial charge in [0.15, 0.2) is 7.37 Å². The minimum atomic E-state index is -3.21. The van der Waals surface area contributed by atoms with Crippen molar-refractivity contribution in [1.29, 1.82) is 0 Å². The zero-order chi connectivity index (χ0) is 9.07. The minimum Gasteiger partial charge on any atom is -0.468 e. The van der Waals surface area contributed by atoms with Gasteiger partial charge >= 0.3 is 5.97 Å². The molecule has 0 aromatic rings. The highest BCUT2D eigenvalue weighted by molar-refractivity contribution is 7.57. The minimum absolute atomic E-state index is 0.236. The smallest absolute Gasteiger partial charge is 0.323 e. The lowest BCUT2D eigenvalue weighted by Crippen LogP contribution is -2.34. The van der Waals surface area contributed by atoms with Crippen molar-refractivity contribution in [2.24, 2.45) is 5.73 Å². The van der Waals surface area contributed by atoms with Crippen LogP contribution in [-0.2, 0) is 14.1 Å². The van der Waals surface area contributed by atoms with E-state index in [1.165, 1.54) is 7.11 Å². The van der Waals surface area contributed by atoms with Gasteiger partial charge < -0.3 is 15.4 Å². The Hall–Kier alpha value is -0.380. The maximum atomic E-state index is 10.7. The molecule has 2 atom stereocenters. The van der Waals surface area contributed by atoms with Crippen molar-refractivity contribution in [1.82, 2.24) is 0 Å². The van der Waals surface area contributed by atoms with Crippen LogP contribution in [0.25, 0.3) is 0 Å². The molecule has 11 heavy (non-hydrogen) atoms. The highest BCUT2D eigenvalue weighted by Gasteiger charge is 2.22. The molecule has 0 rings (SSSR count). The number of methoxy groups -OCH3 is 1. The van der Waals surface area contributed by atoms with Crippen LogP contribution in [0.5, 0.6) is 0 Å². The van der Waals surface area contributed by atoms with Crippen molar-refractivity contribution in [3.8, 4) is 0 Å². The van der Waals surface area contributed by atoms with Crippen molar-refractivity contribution in [3.63, 3.8) is 0 Å². The van der Waals surface area contributed by atoms with Crippen LogP contribution in [0.1, 0.15) is 0 Å². The van der Waals surface area contributed by atoms with Crippen LogP contribution in [-0.4, -0.2) is 36.8 Å². The van der Waals surface area contributed by atoms with E-state index in [1.54, 1.807) is 0 Å². The Morgan fingerprint density at radius 3 is 2.55 bits per heavy atom. The molecule has 0 fully saturated rings. The molecular weight excluding hydrogens is 169 g/mol. The number of carbonyl (C=O) groups is 1. The first-order chi connectivity index (χ1) is 4.87. The highest BCUT2D eigenvalue weighted by Crippen LogP contribution is 2.35. The number of hydrogen-bond acceptors (Lipinski definition) is 4. The van der Waals surface area contributed by atoms with Gasteiger partial charge in [-0.1, -0.05) is 0 Å². The zero-order valence-electron chi connectivity index (χ0n) is 6.48. The fourth-order valence-electron chi connectivity index (χ4n) is 0.591. The molecule has 3 N–H and O–H groups in total. The van der Waals surface area contributed by atoms with Crippen LogP contribution in [0, 0.1) is 0 Å². The molecule has 0 saturated heterocycles. The lowest BCUT2D eigenvalue weighted by atomic mass is 10.4. The van der Waals surface area contributed by atoms with Crippen LogP contribution in [0.2, 0.25) is 0 Å². The predicted octanol–water partition coefficient (Wildman–Crippen LogP) is -0.613. The molecular formula is C5H12NO4P. The molecule has 0 aliphatic rings. The fourth-order valence-corrected chi connectivity index (χ4v) is 1.47. The van der Waals surface area contributed by atoms with Gasteiger partial charge in [-0.3, -0.25) is 9.36 Å². The van der Waals surface area contributed by atoms with Crippen molar-refractivity contribution in [2.75, 3.05) is 19.9 Å². The van der Waals surface area contributed by atoms with Gasteiger partial charge in [-0.25, -0.2) is 0 Å². The van der Waals surface area contributed by atoms with Crippen molar-refractivity contribution >= 4 is 13.3 Å². The quantitative estimate of drug-likeness (QED) is 0.447. The van der Waals surface area contributed by atoms with Crippen molar-refractivity contribution in [3.05, 3.63) is 0 Å². The van der Waals surface area contributed by atoms with Gasteiger partial charge in [-0.15, -0.1) is 0 Å². The van der Waals surface area contributed by atoms with Gasteiger partial charge in [0.25, 0.3) is 0 Å². The maximum absolute atomic E-state index is 10.7. The third-order valence-electron chi connectivity index (χ3n) is 1.04. The molecule has 5 nitrogen and oxygen atoms in total. The van der Waals surface area contributed by atoms with Gasteiger partial charge in [0.05, 0.1) is 13.3 Å². The molecule has 2 unspecified atom stereocenters. The molecule has 0 bridgehead atoms. The van der Waals surface area contributed by atoms with E-state index in [0.717, 1.165) is 6.66 Å². The van der Waals surface area contributed by atoms with E-state index in [0.29, 0.717) is 0 Å². The molecule has 0 heterocycles. The van der Waals surface area contributed by atoms with E-state index in [-0.39, 0.29) is 6.16 Å². The van der Waals surface area contributed by atoms with Gasteiger partial charge in [0.2, 0.25) is 0 Å². The monoisotopic (exact) mass is 181 g/mol. The Labute approximate surface area is 65.0 Å². The topological polar surface area (TPSA) is 89.6 Å². The van der Waals surface area contributed by atoms with Crippen LogP contribution >= 0.6 is 7.37 Å². The normalized spacial score (nSPS) is 18.5. The summed E-state index contributed by atoms with van der Waals surface area (Å²) in [6.45, 7) is 1.15. The van der Waals surface area contributed by atoms with Crippen molar-refractivity contribution < 1.29 is 19.0 Å². The second-order valence-electron chi connectivity index (χ2n) is 2.36. The van der Waals surface area contributed by atoms with Gasteiger partial charge in [-0.2, -0.15) is 0 Å². The Kier molecular flexibility index (Phi) is 3.72. The molecule has 6 heteroatoms. The summed E-state index contributed by atoms with van der Waals surface area (Å²) in [6, 6.07) is -0.999. The number of nitrogens with two attached hydrogens (primary N) is 1. The van der Waals surface area contributed by atoms with E-state index in [9.17, 15) is 9.36 Å². The summed E-state index contributed by atoms with van der Waals surface area (Å²) in [5, 5.41) is 0. The zero-order valence-corrected chi connectivity index (χ0v) is 7.38. The first kappa shape index (κ1) is 10.6. The largest absolute Gasteiger partial charge is 0.468 e. The van der Waals surface area contributed by atoms with Crippen LogP contribution in [0.15, 0.2) is 0 Å². The van der Waals surface area contributed by atoms with Crippen molar-refractivity contribution in [2.45, 2.75) is 6.04 Å². The third kappa shape index (κ3) is 4.95. The average molecular weight is 181 g/mol.